The van der Waals surface area contributed by atoms with Crippen molar-refractivity contribution in [3.8, 4) is 0 Å². The number of alkyl halides is 4. The van der Waals surface area contributed by atoms with Crippen molar-refractivity contribution in [3.05, 3.63) is 83.8 Å². The quantitative estimate of drug-likeness (QED) is 0.109. The van der Waals surface area contributed by atoms with Gasteiger partial charge in [0.2, 0.25) is 0 Å². The molecule has 1 aliphatic heterocycles. The summed E-state index contributed by atoms with van der Waals surface area (Å²) in [6, 6.07) is 8.27. The van der Waals surface area contributed by atoms with Gasteiger partial charge in [0.05, 0.1) is 37.4 Å². The summed E-state index contributed by atoms with van der Waals surface area (Å²) in [4.78, 5) is 61.0. The van der Waals surface area contributed by atoms with E-state index in [1.165, 1.54) is 18.2 Å². The van der Waals surface area contributed by atoms with Crippen LogP contribution in [0.25, 0.3) is 0 Å². The Morgan fingerprint density at radius 2 is 1.39 bits per heavy atom. The van der Waals surface area contributed by atoms with Crippen molar-refractivity contribution in [1.29, 1.82) is 0 Å². The Morgan fingerprint density at radius 1 is 0.878 bits per heavy atom. The zero-order chi connectivity index (χ0) is 30.4. The molecular formula is C24H11Cl8N3O6. The molecule has 214 valence electrons. The fourth-order valence-corrected chi connectivity index (χ4v) is 8.67. The minimum atomic E-state index is -2.22. The number of halogens is 8. The number of non-ortho nitro benzene ring substituents is 1. The van der Waals surface area contributed by atoms with Gasteiger partial charge in [-0.3, -0.25) is 29.3 Å². The van der Waals surface area contributed by atoms with Crippen LogP contribution in [0.4, 0.5) is 5.69 Å². The zero-order valence-corrected chi connectivity index (χ0v) is 25.8. The first-order chi connectivity index (χ1) is 19.0. The Bertz CT molecular complexity index is 1570. The second-order valence-corrected chi connectivity index (χ2v) is 13.4. The van der Waals surface area contributed by atoms with Gasteiger partial charge in [0.15, 0.2) is 10.1 Å². The molecule has 2 aromatic carbocycles. The van der Waals surface area contributed by atoms with Crippen LogP contribution in [0, 0.1) is 22.0 Å². The number of rotatable bonds is 6. The van der Waals surface area contributed by atoms with E-state index in [1.54, 1.807) is 0 Å². The van der Waals surface area contributed by atoms with E-state index < -0.39 is 60.9 Å². The zero-order valence-electron chi connectivity index (χ0n) is 19.7. The highest BCUT2D eigenvalue weighted by atomic mass is 35.5. The molecule has 2 aliphatic carbocycles. The van der Waals surface area contributed by atoms with Crippen molar-refractivity contribution in [2.24, 2.45) is 11.8 Å². The lowest BCUT2D eigenvalue weighted by Crippen LogP contribution is -2.56. The van der Waals surface area contributed by atoms with Gasteiger partial charge in [0.1, 0.15) is 16.3 Å². The largest absolute Gasteiger partial charge is 0.292 e. The standard InChI is InChI=1S/C24H11Cl8N3O6/c25-10-3-6-12(13(26)7-10)19(37)33(8-14(36)9-1-4-11(5-2-9)35(40)41)34-20(38)15-16(21(34)39)23(30)18(28)17(27)22(15,29)24(23,31)32/h1-7,15-16H,8H2/t15-,16-,22-,23-/m1/s1. The number of carbonyl (C=O) groups is 4. The molecule has 17 heteroatoms. The predicted octanol–water partition coefficient (Wildman–Crippen LogP) is 6.59. The molecule has 3 amide bonds. The number of hydrogen-bond donors (Lipinski definition) is 0. The average molecular weight is 721 g/mol. The normalized spacial score (nSPS) is 27.9. The molecule has 1 saturated carbocycles. The molecule has 0 aromatic heterocycles. The van der Waals surface area contributed by atoms with E-state index >= 15 is 0 Å². The van der Waals surface area contributed by atoms with Crippen molar-refractivity contribution in [2.75, 3.05) is 6.54 Å². The summed E-state index contributed by atoms with van der Waals surface area (Å²) in [6.07, 6.45) is 0. The molecule has 5 rings (SSSR count). The molecule has 0 unspecified atom stereocenters. The van der Waals surface area contributed by atoms with Gasteiger partial charge in [0, 0.05) is 22.7 Å². The number of benzene rings is 2. The van der Waals surface area contributed by atoms with Crippen LogP contribution in [-0.2, 0) is 9.59 Å². The Balaban J connectivity index is 1.59. The number of nitro groups is 1. The second-order valence-electron chi connectivity index (χ2n) is 9.28. The number of hydrazine groups is 1. The summed E-state index contributed by atoms with van der Waals surface area (Å²) in [5, 5.41) is 11.3. The van der Waals surface area contributed by atoms with Gasteiger partial charge in [-0.2, -0.15) is 5.01 Å². The number of amides is 3. The second kappa shape index (κ2) is 10.1. The molecular weight excluding hydrogens is 710 g/mol. The van der Waals surface area contributed by atoms with E-state index in [9.17, 15) is 29.3 Å². The summed E-state index contributed by atoms with van der Waals surface area (Å²) in [7, 11) is 0. The molecule has 3 aliphatic rings. The van der Waals surface area contributed by atoms with Crippen molar-refractivity contribution in [3.63, 3.8) is 0 Å². The first-order valence-corrected chi connectivity index (χ1v) is 14.3. The Hall–Kier alpha value is -1.82. The van der Waals surface area contributed by atoms with Crippen LogP contribution in [0.3, 0.4) is 0 Å². The molecule has 0 N–H and O–H groups in total. The van der Waals surface area contributed by atoms with Gasteiger partial charge in [-0.25, -0.2) is 5.01 Å². The van der Waals surface area contributed by atoms with E-state index in [1.807, 2.05) is 0 Å². The molecule has 41 heavy (non-hydrogen) atoms. The van der Waals surface area contributed by atoms with E-state index in [-0.39, 0.29) is 36.9 Å². The topological polar surface area (TPSA) is 118 Å². The fraction of sp³-hybridized carbons (Fsp3) is 0.250. The highest BCUT2D eigenvalue weighted by Crippen LogP contribution is 2.77. The number of carbonyl (C=O) groups excluding carboxylic acids is 4. The van der Waals surface area contributed by atoms with Crippen LogP contribution in [0.5, 0.6) is 0 Å². The van der Waals surface area contributed by atoms with Gasteiger partial charge in [0.25, 0.3) is 23.4 Å². The third-order valence-corrected chi connectivity index (χ3v) is 12.0. The van der Waals surface area contributed by atoms with E-state index in [4.69, 9.17) is 92.8 Å². The van der Waals surface area contributed by atoms with Crippen LogP contribution in [0.15, 0.2) is 52.5 Å². The smallest absolute Gasteiger partial charge is 0.274 e. The fourth-order valence-electron chi connectivity index (χ4n) is 5.25. The Kier molecular flexibility index (Phi) is 7.57. The molecule has 2 aromatic rings. The Labute approximate surface area is 270 Å². The maximum absolute atomic E-state index is 13.9. The summed E-state index contributed by atoms with van der Waals surface area (Å²) < 4.78 is -2.22. The minimum absolute atomic E-state index is 0.0640. The van der Waals surface area contributed by atoms with Gasteiger partial charge >= 0.3 is 0 Å². The van der Waals surface area contributed by atoms with Gasteiger partial charge < -0.3 is 0 Å². The molecule has 2 fully saturated rings. The lowest BCUT2D eigenvalue weighted by molar-refractivity contribution is -0.384. The van der Waals surface area contributed by atoms with Crippen molar-refractivity contribution >= 4 is 122 Å². The summed E-state index contributed by atoms with van der Waals surface area (Å²) >= 11 is 51.4. The number of ketones is 1. The highest BCUT2D eigenvalue weighted by Gasteiger charge is 2.88. The number of Topliss-reactive ketones (excluding diaryl/α,β-unsaturated/α-hetero) is 1. The minimum Gasteiger partial charge on any atom is -0.292 e. The number of fused-ring (bicyclic) bond motifs is 5. The lowest BCUT2D eigenvalue weighted by Gasteiger charge is -2.36. The van der Waals surface area contributed by atoms with Crippen LogP contribution in [0.1, 0.15) is 20.7 Å². The first-order valence-electron chi connectivity index (χ1n) is 11.3. The predicted molar refractivity (Wildman–Crippen MR) is 154 cm³/mol. The van der Waals surface area contributed by atoms with Crippen LogP contribution < -0.4 is 0 Å². The maximum atomic E-state index is 13.9. The van der Waals surface area contributed by atoms with Gasteiger partial charge in [-0.15, -0.1) is 23.2 Å². The molecule has 4 atom stereocenters. The summed E-state index contributed by atoms with van der Waals surface area (Å²) in [5.41, 5.74) is -0.569. The molecule has 9 nitrogen and oxygen atoms in total. The molecule has 1 heterocycles. The van der Waals surface area contributed by atoms with Gasteiger partial charge in [-0.05, 0) is 30.3 Å². The molecule has 0 spiro atoms. The number of nitrogens with zero attached hydrogens (tertiary/aromatic N) is 3. The maximum Gasteiger partial charge on any atom is 0.274 e. The monoisotopic (exact) mass is 717 g/mol. The SMILES string of the molecule is O=C(CN(C(=O)c1ccc(Cl)cc1Cl)N1C(=O)[C@H]2[C@H](C1=O)[C@@]1(Cl)C(Cl)=C(Cl)[C@@]2(Cl)C1(Cl)Cl)c1ccc([N+](=O)[O-])cc1. The van der Waals surface area contributed by atoms with Crippen LogP contribution in [-0.4, -0.2) is 59.1 Å². The van der Waals surface area contributed by atoms with E-state index in [0.717, 1.165) is 24.3 Å². The van der Waals surface area contributed by atoms with E-state index in [2.05, 4.69) is 0 Å². The van der Waals surface area contributed by atoms with Crippen molar-refractivity contribution in [1.82, 2.24) is 10.0 Å². The number of hydrogen-bond acceptors (Lipinski definition) is 6. The first kappa shape index (κ1) is 30.6. The van der Waals surface area contributed by atoms with E-state index in [0.29, 0.717) is 10.0 Å². The van der Waals surface area contributed by atoms with Crippen molar-refractivity contribution < 1.29 is 24.1 Å². The number of imide groups is 1. The number of allylic oxidation sites excluding steroid dienone is 2. The number of nitro benzene ring substituents is 1. The highest BCUT2D eigenvalue weighted by molar-refractivity contribution is 6.66. The molecule has 0 radical (unpaired) electrons. The Morgan fingerprint density at radius 3 is 1.85 bits per heavy atom. The van der Waals surface area contributed by atoms with Crippen LogP contribution in [0.2, 0.25) is 10.0 Å². The molecule has 1 saturated heterocycles. The lowest BCUT2D eigenvalue weighted by atomic mass is 9.84. The summed E-state index contributed by atoms with van der Waals surface area (Å²) in [6.45, 7) is -0.890. The molecule has 2 bridgehead atoms. The van der Waals surface area contributed by atoms with Crippen LogP contribution >= 0.6 is 92.8 Å². The third-order valence-electron chi connectivity index (χ3n) is 7.22. The van der Waals surface area contributed by atoms with Gasteiger partial charge in [-0.1, -0.05) is 69.6 Å². The third kappa shape index (κ3) is 4.04. The summed E-state index contributed by atoms with van der Waals surface area (Å²) in [5.74, 6) is -7.16. The van der Waals surface area contributed by atoms with Crippen molar-refractivity contribution in [2.45, 2.75) is 14.1 Å². The average Bonchev–Trinajstić information content (AvgIpc) is 3.30.